The van der Waals surface area contributed by atoms with Crippen molar-refractivity contribution in [2.24, 2.45) is 0 Å². The Morgan fingerprint density at radius 3 is 2.29 bits per heavy atom. The van der Waals surface area contributed by atoms with Gasteiger partial charge in [-0.25, -0.2) is 0 Å². The first-order valence-corrected chi connectivity index (χ1v) is 7.36. The van der Waals surface area contributed by atoms with E-state index in [2.05, 4.69) is 23.3 Å². The summed E-state index contributed by atoms with van der Waals surface area (Å²) >= 11 is 2.07. The van der Waals surface area contributed by atoms with Crippen LogP contribution in [-0.2, 0) is 0 Å². The average Bonchev–Trinajstić information content (AvgIpc) is 3.01. The Morgan fingerprint density at radius 2 is 1.79 bits per heavy atom. The molecule has 1 nitrogen and oxygen atoms in total. The number of thioether (sulfide) groups is 1. The van der Waals surface area contributed by atoms with Gasteiger partial charge >= 0.3 is 0 Å². The molecule has 0 atom stereocenters. The molecule has 0 saturated heterocycles. The Hall–Kier alpha value is 0.310. The van der Waals surface area contributed by atoms with Gasteiger partial charge in [0.15, 0.2) is 0 Å². The Bertz CT molecular complexity index is 169. The van der Waals surface area contributed by atoms with E-state index in [-0.39, 0.29) is 0 Å². The standard InChI is InChI=1S/C12H23NS/c1-14-12(8-9-12)10-13-11-6-4-2-3-5-7-11/h11,13H,2-10H2,1H3. The predicted octanol–water partition coefficient (Wildman–Crippen LogP) is 3.19. The zero-order chi connectivity index (χ0) is 9.86. The molecule has 0 aliphatic heterocycles. The van der Waals surface area contributed by atoms with Crippen molar-refractivity contribution in [1.82, 2.24) is 5.32 Å². The maximum Gasteiger partial charge on any atom is 0.0282 e. The van der Waals surface area contributed by atoms with Crippen LogP contribution >= 0.6 is 11.8 Å². The summed E-state index contributed by atoms with van der Waals surface area (Å²) in [5.41, 5.74) is 0. The second kappa shape index (κ2) is 4.89. The summed E-state index contributed by atoms with van der Waals surface area (Å²) in [7, 11) is 0. The summed E-state index contributed by atoms with van der Waals surface area (Å²) in [4.78, 5) is 0. The fourth-order valence-electron chi connectivity index (χ4n) is 2.41. The second-order valence-corrected chi connectivity index (χ2v) is 6.23. The molecule has 0 unspecified atom stereocenters. The highest BCUT2D eigenvalue weighted by atomic mass is 32.2. The van der Waals surface area contributed by atoms with E-state index in [1.807, 2.05) is 0 Å². The SMILES string of the molecule is CSC1(CNC2CCCCCC2)CC1. The summed E-state index contributed by atoms with van der Waals surface area (Å²) in [6.07, 6.45) is 13.8. The van der Waals surface area contributed by atoms with Crippen molar-refractivity contribution in [2.45, 2.75) is 62.2 Å². The van der Waals surface area contributed by atoms with Gasteiger partial charge in [0.25, 0.3) is 0 Å². The van der Waals surface area contributed by atoms with Crippen LogP contribution in [0.4, 0.5) is 0 Å². The molecular weight excluding hydrogens is 190 g/mol. The van der Waals surface area contributed by atoms with Crippen molar-refractivity contribution in [3.05, 3.63) is 0 Å². The van der Waals surface area contributed by atoms with Gasteiger partial charge in [-0.3, -0.25) is 0 Å². The van der Waals surface area contributed by atoms with Crippen molar-refractivity contribution < 1.29 is 0 Å². The van der Waals surface area contributed by atoms with Crippen molar-refractivity contribution in [1.29, 1.82) is 0 Å². The first-order valence-electron chi connectivity index (χ1n) is 6.13. The lowest BCUT2D eigenvalue weighted by Crippen LogP contribution is -2.35. The van der Waals surface area contributed by atoms with Crippen LogP contribution in [0, 0.1) is 0 Å². The first kappa shape index (κ1) is 10.8. The maximum absolute atomic E-state index is 3.79. The van der Waals surface area contributed by atoms with Crippen LogP contribution in [0.15, 0.2) is 0 Å². The van der Waals surface area contributed by atoms with Gasteiger partial charge in [0.05, 0.1) is 0 Å². The van der Waals surface area contributed by atoms with Crippen LogP contribution in [-0.4, -0.2) is 23.6 Å². The van der Waals surface area contributed by atoms with E-state index in [1.165, 1.54) is 57.9 Å². The molecule has 2 fully saturated rings. The van der Waals surface area contributed by atoms with Gasteiger partial charge in [0.1, 0.15) is 0 Å². The van der Waals surface area contributed by atoms with Crippen LogP contribution in [0.3, 0.4) is 0 Å². The lowest BCUT2D eigenvalue weighted by molar-refractivity contribution is 0.457. The fourth-order valence-corrected chi connectivity index (χ4v) is 3.14. The Labute approximate surface area is 92.4 Å². The van der Waals surface area contributed by atoms with Crippen LogP contribution in [0.5, 0.6) is 0 Å². The molecule has 2 heteroatoms. The lowest BCUT2D eigenvalue weighted by Gasteiger charge is -2.20. The topological polar surface area (TPSA) is 12.0 Å². The summed E-state index contributed by atoms with van der Waals surface area (Å²) in [6.45, 7) is 1.26. The van der Waals surface area contributed by atoms with Crippen LogP contribution in [0.25, 0.3) is 0 Å². The number of nitrogens with one attached hydrogen (secondary N) is 1. The molecule has 2 rings (SSSR count). The summed E-state index contributed by atoms with van der Waals surface area (Å²) in [5.74, 6) is 0. The normalized spacial score (nSPS) is 27.2. The number of hydrogen-bond acceptors (Lipinski definition) is 2. The third-order valence-electron chi connectivity index (χ3n) is 3.81. The molecule has 2 aliphatic carbocycles. The lowest BCUT2D eigenvalue weighted by atomic mass is 10.1. The third-order valence-corrected chi connectivity index (χ3v) is 5.23. The third kappa shape index (κ3) is 2.90. The molecule has 0 aromatic carbocycles. The highest BCUT2D eigenvalue weighted by Crippen LogP contribution is 2.46. The maximum atomic E-state index is 3.79. The van der Waals surface area contributed by atoms with E-state index >= 15 is 0 Å². The smallest absolute Gasteiger partial charge is 0.0282 e. The molecule has 0 amide bonds. The molecule has 0 radical (unpaired) electrons. The molecule has 0 aromatic heterocycles. The molecule has 14 heavy (non-hydrogen) atoms. The summed E-state index contributed by atoms with van der Waals surface area (Å²) < 4.78 is 0.645. The van der Waals surface area contributed by atoms with Gasteiger partial charge in [-0.1, -0.05) is 25.7 Å². The minimum Gasteiger partial charge on any atom is -0.313 e. The number of hydrogen-bond donors (Lipinski definition) is 1. The van der Waals surface area contributed by atoms with E-state index < -0.39 is 0 Å². The van der Waals surface area contributed by atoms with Crippen molar-refractivity contribution in [3.63, 3.8) is 0 Å². The zero-order valence-corrected chi connectivity index (χ0v) is 10.2. The van der Waals surface area contributed by atoms with Gasteiger partial charge in [0.2, 0.25) is 0 Å². The Morgan fingerprint density at radius 1 is 1.14 bits per heavy atom. The quantitative estimate of drug-likeness (QED) is 0.720. The molecule has 0 bridgehead atoms. The minimum absolute atomic E-state index is 0.645. The van der Waals surface area contributed by atoms with Crippen LogP contribution < -0.4 is 5.32 Å². The van der Waals surface area contributed by atoms with E-state index in [0.717, 1.165) is 6.04 Å². The molecule has 0 aromatic rings. The van der Waals surface area contributed by atoms with E-state index in [0.29, 0.717) is 4.75 Å². The summed E-state index contributed by atoms with van der Waals surface area (Å²) in [6, 6.07) is 0.835. The largest absolute Gasteiger partial charge is 0.313 e. The molecule has 1 N–H and O–H groups in total. The molecule has 0 spiro atoms. The Balaban J connectivity index is 1.68. The predicted molar refractivity (Wildman–Crippen MR) is 65.0 cm³/mol. The van der Waals surface area contributed by atoms with Crippen LogP contribution in [0.1, 0.15) is 51.4 Å². The molecular formula is C12H23NS. The fraction of sp³-hybridized carbons (Fsp3) is 1.00. The molecule has 2 saturated carbocycles. The molecule has 0 heterocycles. The van der Waals surface area contributed by atoms with E-state index in [4.69, 9.17) is 0 Å². The van der Waals surface area contributed by atoms with E-state index in [1.54, 1.807) is 0 Å². The minimum atomic E-state index is 0.645. The van der Waals surface area contributed by atoms with Gasteiger partial charge in [-0.2, -0.15) is 11.8 Å². The highest BCUT2D eigenvalue weighted by molar-refractivity contribution is 8.00. The Kier molecular flexibility index (Phi) is 3.78. The second-order valence-electron chi connectivity index (χ2n) is 4.96. The van der Waals surface area contributed by atoms with Gasteiger partial charge < -0.3 is 5.32 Å². The van der Waals surface area contributed by atoms with Gasteiger partial charge in [-0.05, 0) is 31.9 Å². The highest BCUT2D eigenvalue weighted by Gasteiger charge is 2.41. The van der Waals surface area contributed by atoms with Gasteiger partial charge in [-0.15, -0.1) is 0 Å². The average molecular weight is 213 g/mol. The van der Waals surface area contributed by atoms with Crippen LogP contribution in [0.2, 0.25) is 0 Å². The van der Waals surface area contributed by atoms with Crippen molar-refractivity contribution in [2.75, 3.05) is 12.8 Å². The number of rotatable bonds is 4. The summed E-state index contributed by atoms with van der Waals surface area (Å²) in [5, 5.41) is 3.79. The zero-order valence-electron chi connectivity index (χ0n) is 9.35. The molecule has 2 aliphatic rings. The van der Waals surface area contributed by atoms with Crippen molar-refractivity contribution in [3.8, 4) is 0 Å². The van der Waals surface area contributed by atoms with Crippen molar-refractivity contribution >= 4 is 11.8 Å². The van der Waals surface area contributed by atoms with Gasteiger partial charge in [0, 0.05) is 17.3 Å². The van der Waals surface area contributed by atoms with E-state index in [9.17, 15) is 0 Å². The first-order chi connectivity index (χ1) is 6.85. The molecule has 82 valence electrons. The monoisotopic (exact) mass is 213 g/mol.